The molecule has 2 aromatic rings. The zero-order chi connectivity index (χ0) is 11.2. The van der Waals surface area contributed by atoms with Crippen molar-refractivity contribution in [3.05, 3.63) is 28.9 Å². The van der Waals surface area contributed by atoms with Crippen molar-refractivity contribution in [3.63, 3.8) is 0 Å². The van der Waals surface area contributed by atoms with Crippen molar-refractivity contribution in [1.82, 2.24) is 4.98 Å². The lowest BCUT2D eigenvalue weighted by Gasteiger charge is -2.12. The summed E-state index contributed by atoms with van der Waals surface area (Å²) in [6.07, 6.45) is 0. The Bertz CT molecular complexity index is 516. The molecule has 0 radical (unpaired) electrons. The number of fused-ring (bicyclic) bond motifs is 1. The van der Waals surface area contributed by atoms with E-state index in [2.05, 4.69) is 4.98 Å². The number of hydrogen-bond acceptors (Lipinski definition) is 3. The first-order valence-corrected chi connectivity index (χ1v) is 4.80. The zero-order valence-electron chi connectivity index (χ0n) is 8.34. The molecule has 0 atom stereocenters. The number of oxazole rings is 1. The van der Waals surface area contributed by atoms with Crippen molar-refractivity contribution in [1.29, 1.82) is 0 Å². The standard InChI is InChI=1S/C10H10ClFN2O/c1-10(2,13)9-14-7-4-5(12)3-6(11)8(7)15-9/h3-4H,13H2,1-2H3. The Balaban J connectivity index is 2.71. The second-order valence-electron chi connectivity index (χ2n) is 3.98. The van der Waals surface area contributed by atoms with Crippen LogP contribution < -0.4 is 5.73 Å². The molecular formula is C10H10ClFN2O. The van der Waals surface area contributed by atoms with Gasteiger partial charge in [0.05, 0.1) is 10.6 Å². The Kier molecular flexibility index (Phi) is 2.20. The van der Waals surface area contributed by atoms with Crippen LogP contribution in [0.1, 0.15) is 19.7 Å². The van der Waals surface area contributed by atoms with Crippen molar-refractivity contribution < 1.29 is 8.81 Å². The third kappa shape index (κ3) is 1.82. The van der Waals surface area contributed by atoms with E-state index in [1.54, 1.807) is 13.8 Å². The highest BCUT2D eigenvalue weighted by atomic mass is 35.5. The number of aromatic nitrogens is 1. The van der Waals surface area contributed by atoms with Crippen LogP contribution in [-0.4, -0.2) is 4.98 Å². The summed E-state index contributed by atoms with van der Waals surface area (Å²) in [5.41, 5.74) is 5.86. The Hall–Kier alpha value is -1.13. The van der Waals surface area contributed by atoms with Crippen LogP contribution in [0.25, 0.3) is 11.1 Å². The predicted octanol–water partition coefficient (Wildman–Crippen LogP) is 2.81. The van der Waals surface area contributed by atoms with Crippen molar-refractivity contribution in [2.75, 3.05) is 0 Å². The summed E-state index contributed by atoms with van der Waals surface area (Å²) < 4.78 is 18.4. The minimum Gasteiger partial charge on any atom is -0.437 e. The molecule has 0 saturated carbocycles. The Labute approximate surface area is 91.0 Å². The van der Waals surface area contributed by atoms with Crippen molar-refractivity contribution in [3.8, 4) is 0 Å². The molecule has 0 bridgehead atoms. The van der Waals surface area contributed by atoms with Crippen LogP contribution in [0.4, 0.5) is 4.39 Å². The summed E-state index contributed by atoms with van der Waals surface area (Å²) in [4.78, 5) is 4.09. The maximum Gasteiger partial charge on any atom is 0.215 e. The molecule has 1 aromatic carbocycles. The fourth-order valence-corrected chi connectivity index (χ4v) is 1.47. The second kappa shape index (κ2) is 3.18. The third-order valence-electron chi connectivity index (χ3n) is 1.96. The smallest absolute Gasteiger partial charge is 0.215 e. The number of nitrogens with two attached hydrogens (primary N) is 1. The van der Waals surface area contributed by atoms with Gasteiger partial charge in [-0.15, -0.1) is 0 Å². The summed E-state index contributed by atoms with van der Waals surface area (Å²) in [6, 6.07) is 2.45. The molecule has 80 valence electrons. The van der Waals surface area contributed by atoms with Crippen molar-refractivity contribution in [2.45, 2.75) is 19.4 Å². The van der Waals surface area contributed by atoms with Gasteiger partial charge in [-0.25, -0.2) is 9.37 Å². The van der Waals surface area contributed by atoms with E-state index in [0.29, 0.717) is 17.0 Å². The lowest BCUT2D eigenvalue weighted by molar-refractivity contribution is 0.394. The number of hydrogen-bond donors (Lipinski definition) is 1. The molecule has 0 aliphatic carbocycles. The first-order valence-electron chi connectivity index (χ1n) is 4.43. The first-order chi connectivity index (χ1) is 6.88. The van der Waals surface area contributed by atoms with Gasteiger partial charge in [-0.1, -0.05) is 11.6 Å². The minimum absolute atomic E-state index is 0.202. The highest BCUT2D eigenvalue weighted by Gasteiger charge is 2.22. The van der Waals surface area contributed by atoms with E-state index in [1.165, 1.54) is 12.1 Å². The van der Waals surface area contributed by atoms with E-state index in [9.17, 15) is 4.39 Å². The molecule has 5 heteroatoms. The van der Waals surface area contributed by atoms with Gasteiger partial charge in [0.1, 0.15) is 11.3 Å². The summed E-state index contributed by atoms with van der Waals surface area (Å²) in [7, 11) is 0. The molecule has 0 aliphatic rings. The van der Waals surface area contributed by atoms with Gasteiger partial charge in [0.2, 0.25) is 5.89 Å². The fourth-order valence-electron chi connectivity index (χ4n) is 1.24. The molecule has 15 heavy (non-hydrogen) atoms. The summed E-state index contributed by atoms with van der Waals surface area (Å²) in [6.45, 7) is 3.50. The number of rotatable bonds is 1. The normalized spacial score (nSPS) is 12.3. The second-order valence-corrected chi connectivity index (χ2v) is 4.38. The van der Waals surface area contributed by atoms with Gasteiger partial charge in [-0.3, -0.25) is 0 Å². The van der Waals surface area contributed by atoms with E-state index in [4.69, 9.17) is 21.8 Å². The highest BCUT2D eigenvalue weighted by Crippen LogP contribution is 2.28. The largest absolute Gasteiger partial charge is 0.437 e. The molecule has 0 saturated heterocycles. The average Bonchev–Trinajstić information content (AvgIpc) is 2.46. The highest BCUT2D eigenvalue weighted by molar-refractivity contribution is 6.34. The molecule has 1 heterocycles. The molecule has 0 spiro atoms. The van der Waals surface area contributed by atoms with E-state index in [0.717, 1.165) is 0 Å². The van der Waals surface area contributed by atoms with Gasteiger partial charge in [0.15, 0.2) is 5.58 Å². The van der Waals surface area contributed by atoms with Gasteiger partial charge >= 0.3 is 0 Å². The number of nitrogens with zero attached hydrogens (tertiary/aromatic N) is 1. The van der Waals surface area contributed by atoms with Gasteiger partial charge in [-0.2, -0.15) is 0 Å². The molecular weight excluding hydrogens is 219 g/mol. The van der Waals surface area contributed by atoms with Crippen LogP contribution in [0.3, 0.4) is 0 Å². The number of benzene rings is 1. The molecule has 0 amide bonds. The molecule has 2 rings (SSSR count). The first kappa shape index (κ1) is 10.4. The van der Waals surface area contributed by atoms with Crippen molar-refractivity contribution >= 4 is 22.7 Å². The van der Waals surface area contributed by atoms with Crippen molar-refractivity contribution in [2.24, 2.45) is 5.73 Å². The molecule has 2 N–H and O–H groups in total. The molecule has 3 nitrogen and oxygen atoms in total. The van der Waals surface area contributed by atoms with Crippen LogP contribution in [0.2, 0.25) is 5.02 Å². The monoisotopic (exact) mass is 228 g/mol. The molecule has 0 fully saturated rings. The molecule has 1 aromatic heterocycles. The quantitative estimate of drug-likeness (QED) is 0.817. The Morgan fingerprint density at radius 2 is 2.13 bits per heavy atom. The van der Waals surface area contributed by atoms with Crippen LogP contribution in [-0.2, 0) is 5.54 Å². The summed E-state index contributed by atoms with van der Waals surface area (Å²) >= 11 is 5.81. The Morgan fingerprint density at radius 3 is 2.73 bits per heavy atom. The maximum atomic E-state index is 13.0. The SMILES string of the molecule is CC(C)(N)c1nc2cc(F)cc(Cl)c2o1. The van der Waals surface area contributed by atoms with Crippen LogP contribution in [0, 0.1) is 5.82 Å². The maximum absolute atomic E-state index is 13.0. The van der Waals surface area contributed by atoms with Crippen LogP contribution in [0.15, 0.2) is 16.5 Å². The van der Waals surface area contributed by atoms with Crippen LogP contribution in [0.5, 0.6) is 0 Å². The fraction of sp³-hybridized carbons (Fsp3) is 0.300. The van der Waals surface area contributed by atoms with Gasteiger partial charge in [0.25, 0.3) is 0 Å². The minimum atomic E-state index is -0.709. The van der Waals surface area contributed by atoms with E-state index < -0.39 is 11.4 Å². The average molecular weight is 229 g/mol. The number of halogens is 2. The zero-order valence-corrected chi connectivity index (χ0v) is 9.10. The van der Waals surface area contributed by atoms with E-state index in [-0.39, 0.29) is 5.02 Å². The lowest BCUT2D eigenvalue weighted by Crippen LogP contribution is -2.28. The summed E-state index contributed by atoms with van der Waals surface area (Å²) in [5.74, 6) is -0.104. The third-order valence-corrected chi connectivity index (χ3v) is 2.24. The molecule has 0 aliphatic heterocycles. The van der Waals surface area contributed by atoms with Gasteiger partial charge in [-0.05, 0) is 19.9 Å². The van der Waals surface area contributed by atoms with Gasteiger partial charge in [0, 0.05) is 6.07 Å². The Morgan fingerprint density at radius 1 is 1.47 bits per heavy atom. The lowest BCUT2D eigenvalue weighted by atomic mass is 10.1. The molecule has 0 unspecified atom stereocenters. The predicted molar refractivity (Wildman–Crippen MR) is 56.2 cm³/mol. The van der Waals surface area contributed by atoms with E-state index in [1.807, 2.05) is 0 Å². The van der Waals surface area contributed by atoms with Gasteiger partial charge < -0.3 is 10.2 Å². The summed E-state index contributed by atoms with van der Waals surface area (Å²) in [5, 5.41) is 0.202. The van der Waals surface area contributed by atoms with Crippen LogP contribution >= 0.6 is 11.6 Å². The van der Waals surface area contributed by atoms with E-state index >= 15 is 0 Å². The topological polar surface area (TPSA) is 52.0 Å².